The number of rotatable bonds is 13. The molecule has 0 saturated carbocycles. The Morgan fingerprint density at radius 2 is 1.24 bits per heavy atom. The van der Waals surface area contributed by atoms with Crippen molar-refractivity contribution < 1.29 is 4.79 Å². The van der Waals surface area contributed by atoms with Crippen LogP contribution < -0.4 is 0 Å². The number of carbonyl (C=O) groups is 1. The highest BCUT2D eigenvalue weighted by Crippen LogP contribution is 2.10. The van der Waals surface area contributed by atoms with E-state index in [1.165, 1.54) is 38.5 Å². The molecule has 102 valence electrons. The number of hydrogen-bond acceptors (Lipinski definition) is 1. The second kappa shape index (κ2) is 14.0. The van der Waals surface area contributed by atoms with Crippen LogP contribution in [0.15, 0.2) is 0 Å². The highest BCUT2D eigenvalue weighted by Gasteiger charge is 2.01. The molecule has 0 aliphatic rings. The summed E-state index contributed by atoms with van der Waals surface area (Å²) in [5.41, 5.74) is 0. The summed E-state index contributed by atoms with van der Waals surface area (Å²) in [5.74, 6) is 1.22. The molecule has 0 heterocycles. The zero-order chi connectivity index (χ0) is 12.8. The van der Waals surface area contributed by atoms with Gasteiger partial charge in [0.1, 0.15) is 5.78 Å². The summed E-state index contributed by atoms with van der Waals surface area (Å²) in [4.78, 5) is 11.5. The van der Waals surface area contributed by atoms with Crippen LogP contribution in [0.3, 0.4) is 0 Å². The summed E-state index contributed by atoms with van der Waals surface area (Å²) in [6.07, 6.45) is 13.7. The molecule has 0 aromatic carbocycles. The lowest BCUT2D eigenvalue weighted by atomic mass is 10.0. The maximum atomic E-state index is 11.5. The summed E-state index contributed by atoms with van der Waals surface area (Å²) >= 11 is 5.60. The van der Waals surface area contributed by atoms with E-state index in [1.54, 1.807) is 0 Å². The highest BCUT2D eigenvalue weighted by atomic mass is 35.5. The molecule has 0 aromatic heterocycles. The fourth-order valence-electron chi connectivity index (χ4n) is 2.00. The van der Waals surface area contributed by atoms with E-state index < -0.39 is 0 Å². The van der Waals surface area contributed by atoms with Crippen molar-refractivity contribution in [3.05, 3.63) is 0 Å². The van der Waals surface area contributed by atoms with Crippen molar-refractivity contribution >= 4 is 17.4 Å². The van der Waals surface area contributed by atoms with Gasteiger partial charge in [0.2, 0.25) is 0 Å². The number of ketones is 1. The van der Waals surface area contributed by atoms with Crippen molar-refractivity contribution in [2.45, 2.75) is 84.0 Å². The van der Waals surface area contributed by atoms with Gasteiger partial charge in [0.05, 0.1) is 0 Å². The Labute approximate surface area is 112 Å². The van der Waals surface area contributed by atoms with Crippen LogP contribution >= 0.6 is 11.6 Å². The number of carbonyl (C=O) groups excluding carboxylic acids is 1. The molecular weight excluding hydrogens is 232 g/mol. The largest absolute Gasteiger partial charge is 0.300 e. The van der Waals surface area contributed by atoms with Crippen LogP contribution in [0, 0.1) is 0 Å². The number of halogens is 1. The molecule has 0 aliphatic carbocycles. The van der Waals surface area contributed by atoms with Crippen molar-refractivity contribution in [1.29, 1.82) is 0 Å². The van der Waals surface area contributed by atoms with Gasteiger partial charge in [-0.1, -0.05) is 51.9 Å². The molecule has 0 radical (unpaired) electrons. The Balaban J connectivity index is 3.12. The number of hydrogen-bond donors (Lipinski definition) is 0. The van der Waals surface area contributed by atoms with Gasteiger partial charge in [0.15, 0.2) is 0 Å². The zero-order valence-electron chi connectivity index (χ0n) is 11.5. The predicted octanol–water partition coefficient (Wildman–Crippen LogP) is 5.50. The fraction of sp³-hybridized carbons (Fsp3) is 0.933. The predicted molar refractivity (Wildman–Crippen MR) is 76.8 cm³/mol. The molecule has 2 heteroatoms. The lowest BCUT2D eigenvalue weighted by molar-refractivity contribution is -0.119. The van der Waals surface area contributed by atoms with Crippen LogP contribution in [0.2, 0.25) is 0 Å². The summed E-state index contributed by atoms with van der Waals surface area (Å²) in [6.45, 7) is 2.23. The van der Waals surface area contributed by atoms with Crippen molar-refractivity contribution in [2.75, 3.05) is 5.88 Å². The van der Waals surface area contributed by atoms with Crippen LogP contribution in [0.5, 0.6) is 0 Å². The van der Waals surface area contributed by atoms with Crippen LogP contribution in [-0.4, -0.2) is 11.7 Å². The molecule has 17 heavy (non-hydrogen) atoms. The average Bonchev–Trinajstić information content (AvgIpc) is 2.33. The molecule has 0 spiro atoms. The van der Waals surface area contributed by atoms with Gasteiger partial charge in [-0.3, -0.25) is 4.79 Å². The van der Waals surface area contributed by atoms with Crippen molar-refractivity contribution in [3.63, 3.8) is 0 Å². The molecule has 0 N–H and O–H groups in total. The minimum Gasteiger partial charge on any atom is -0.300 e. The summed E-state index contributed by atoms with van der Waals surface area (Å²) in [5, 5.41) is 0. The average molecular weight is 261 g/mol. The molecule has 0 rings (SSSR count). The molecule has 0 aliphatic heterocycles. The third kappa shape index (κ3) is 13.9. The van der Waals surface area contributed by atoms with E-state index >= 15 is 0 Å². The van der Waals surface area contributed by atoms with Crippen molar-refractivity contribution in [2.24, 2.45) is 0 Å². The van der Waals surface area contributed by atoms with Crippen LogP contribution in [0.4, 0.5) is 0 Å². The molecule has 0 saturated heterocycles. The molecule has 0 bridgehead atoms. The van der Waals surface area contributed by atoms with Crippen LogP contribution in [-0.2, 0) is 4.79 Å². The third-order valence-electron chi connectivity index (χ3n) is 3.15. The summed E-state index contributed by atoms with van der Waals surface area (Å²) < 4.78 is 0. The van der Waals surface area contributed by atoms with Gasteiger partial charge in [0.25, 0.3) is 0 Å². The molecular formula is C15H29ClO. The van der Waals surface area contributed by atoms with Crippen molar-refractivity contribution in [3.8, 4) is 0 Å². The maximum Gasteiger partial charge on any atom is 0.132 e. The summed E-state index contributed by atoms with van der Waals surface area (Å²) in [6, 6.07) is 0. The second-order valence-electron chi connectivity index (χ2n) is 4.91. The van der Waals surface area contributed by atoms with E-state index in [0.717, 1.165) is 44.4 Å². The topological polar surface area (TPSA) is 17.1 Å². The zero-order valence-corrected chi connectivity index (χ0v) is 12.2. The van der Waals surface area contributed by atoms with Gasteiger partial charge in [-0.2, -0.15) is 0 Å². The minimum atomic E-state index is 0.464. The Kier molecular flexibility index (Phi) is 14.0. The van der Waals surface area contributed by atoms with Gasteiger partial charge >= 0.3 is 0 Å². The smallest absolute Gasteiger partial charge is 0.132 e. The van der Waals surface area contributed by atoms with E-state index in [4.69, 9.17) is 11.6 Å². The Hall–Kier alpha value is -0.0400. The molecule has 0 unspecified atom stereocenters. The van der Waals surface area contributed by atoms with Crippen LogP contribution in [0.1, 0.15) is 84.0 Å². The normalized spacial score (nSPS) is 10.7. The van der Waals surface area contributed by atoms with Gasteiger partial charge in [0, 0.05) is 18.7 Å². The van der Waals surface area contributed by atoms with Crippen molar-refractivity contribution in [1.82, 2.24) is 0 Å². The van der Waals surface area contributed by atoms with E-state index in [9.17, 15) is 4.79 Å². The third-order valence-corrected chi connectivity index (χ3v) is 3.42. The Bertz CT molecular complexity index is 168. The molecule has 0 fully saturated rings. The van der Waals surface area contributed by atoms with Crippen LogP contribution in [0.25, 0.3) is 0 Å². The summed E-state index contributed by atoms with van der Waals surface area (Å²) in [7, 11) is 0. The van der Waals surface area contributed by atoms with Gasteiger partial charge < -0.3 is 0 Å². The van der Waals surface area contributed by atoms with E-state index in [-0.39, 0.29) is 0 Å². The Morgan fingerprint density at radius 1 is 0.765 bits per heavy atom. The first kappa shape index (κ1) is 17.0. The highest BCUT2D eigenvalue weighted by molar-refractivity contribution is 6.17. The van der Waals surface area contributed by atoms with E-state index in [2.05, 4.69) is 6.92 Å². The standard InChI is InChI=1S/C15H29ClO/c1-2-3-4-5-6-9-12-15(17)13-10-7-8-11-14-16/h2-14H2,1H3. The van der Waals surface area contributed by atoms with E-state index in [1.807, 2.05) is 0 Å². The molecule has 0 atom stereocenters. The van der Waals surface area contributed by atoms with Gasteiger partial charge in [-0.15, -0.1) is 11.6 Å². The van der Waals surface area contributed by atoms with E-state index in [0.29, 0.717) is 5.78 Å². The number of alkyl halides is 1. The maximum absolute atomic E-state index is 11.5. The first-order chi connectivity index (χ1) is 8.31. The second-order valence-corrected chi connectivity index (χ2v) is 5.29. The van der Waals surface area contributed by atoms with Gasteiger partial charge in [-0.05, 0) is 19.3 Å². The van der Waals surface area contributed by atoms with Gasteiger partial charge in [-0.25, -0.2) is 0 Å². The molecule has 0 aromatic rings. The SMILES string of the molecule is CCCCCCCCC(=O)CCCCCCCl. The number of unbranched alkanes of at least 4 members (excludes halogenated alkanes) is 8. The minimum absolute atomic E-state index is 0.464. The quantitative estimate of drug-likeness (QED) is 0.316. The molecule has 1 nitrogen and oxygen atoms in total. The first-order valence-corrected chi connectivity index (χ1v) is 7.92. The lowest BCUT2D eigenvalue weighted by Gasteiger charge is -2.02. The lowest BCUT2D eigenvalue weighted by Crippen LogP contribution is -1.97. The number of Topliss-reactive ketones (excluding diaryl/α,β-unsaturated/α-hetero) is 1. The Morgan fingerprint density at radius 3 is 1.76 bits per heavy atom. The molecule has 0 amide bonds. The fourth-order valence-corrected chi connectivity index (χ4v) is 2.19. The monoisotopic (exact) mass is 260 g/mol. The first-order valence-electron chi connectivity index (χ1n) is 7.39.